The topological polar surface area (TPSA) is 20.2 Å². The van der Waals surface area contributed by atoms with Crippen LogP contribution >= 0.6 is 0 Å². The average molecular weight is 280 g/mol. The molecule has 8 heteroatoms. The fourth-order valence-corrected chi connectivity index (χ4v) is 1.29. The summed E-state index contributed by atoms with van der Waals surface area (Å²) in [6.45, 7) is 5.75. The van der Waals surface area contributed by atoms with Gasteiger partial charge in [0.15, 0.2) is 0 Å². The zero-order valence-electron chi connectivity index (χ0n) is 9.08. The van der Waals surface area contributed by atoms with Gasteiger partial charge in [0, 0.05) is 12.8 Å². The summed E-state index contributed by atoms with van der Waals surface area (Å²) in [5.74, 6) is -2.62. The second-order valence-electron chi connectivity index (χ2n) is 3.78. The first-order valence-electron chi connectivity index (χ1n) is 4.67. The molecule has 1 unspecified atom stereocenters. The standard InChI is InChI=1S/C10H11F7O/c1-3-7(4-6(2)11)5-8(18,9(12,13)14)10(15,16)17/h3,7,18H,1-2,4-5H2. The highest BCUT2D eigenvalue weighted by atomic mass is 19.4. The van der Waals surface area contributed by atoms with Crippen LogP contribution in [0.1, 0.15) is 12.8 Å². The highest BCUT2D eigenvalue weighted by molar-refractivity contribution is 5.01. The minimum atomic E-state index is -5.91. The first-order valence-corrected chi connectivity index (χ1v) is 4.67. The predicted octanol–water partition coefficient (Wildman–Crippen LogP) is 3.91. The predicted molar refractivity (Wildman–Crippen MR) is 50.2 cm³/mol. The normalized spacial score (nSPS) is 15.3. The largest absolute Gasteiger partial charge is 0.426 e. The highest BCUT2D eigenvalue weighted by Crippen LogP contribution is 2.47. The van der Waals surface area contributed by atoms with Gasteiger partial charge < -0.3 is 5.11 Å². The van der Waals surface area contributed by atoms with Crippen LogP contribution in [0, 0.1) is 5.92 Å². The lowest BCUT2D eigenvalue weighted by Crippen LogP contribution is -2.57. The molecule has 0 fully saturated rings. The summed E-state index contributed by atoms with van der Waals surface area (Å²) in [6, 6.07) is 0. The lowest BCUT2D eigenvalue weighted by molar-refractivity contribution is -0.371. The summed E-state index contributed by atoms with van der Waals surface area (Å²) in [7, 11) is 0. The van der Waals surface area contributed by atoms with Gasteiger partial charge in [-0.2, -0.15) is 26.3 Å². The number of aliphatic hydroxyl groups is 1. The summed E-state index contributed by atoms with van der Waals surface area (Å²) in [5.41, 5.74) is -4.89. The smallest absolute Gasteiger partial charge is 0.374 e. The lowest BCUT2D eigenvalue weighted by atomic mass is 9.87. The van der Waals surface area contributed by atoms with E-state index in [2.05, 4.69) is 13.2 Å². The van der Waals surface area contributed by atoms with Crippen LogP contribution in [0.4, 0.5) is 30.7 Å². The summed E-state index contributed by atoms with van der Waals surface area (Å²) in [5, 5.41) is 8.85. The third-order valence-electron chi connectivity index (χ3n) is 2.31. The molecule has 0 aromatic carbocycles. The van der Waals surface area contributed by atoms with Gasteiger partial charge in [-0.1, -0.05) is 12.7 Å². The van der Waals surface area contributed by atoms with Crippen molar-refractivity contribution in [1.82, 2.24) is 0 Å². The molecule has 0 bridgehead atoms. The van der Waals surface area contributed by atoms with Crippen molar-refractivity contribution < 1.29 is 35.8 Å². The Bertz CT molecular complexity index is 301. The van der Waals surface area contributed by atoms with Gasteiger partial charge in [0.2, 0.25) is 0 Å². The van der Waals surface area contributed by atoms with Crippen LogP contribution in [0.25, 0.3) is 0 Å². The fourth-order valence-electron chi connectivity index (χ4n) is 1.29. The molecule has 0 saturated carbocycles. The second kappa shape index (κ2) is 5.29. The SMILES string of the molecule is C=CC(CC(=C)F)CC(O)(C(F)(F)F)C(F)(F)F. The molecule has 1 N–H and O–H groups in total. The molecule has 0 aromatic heterocycles. The van der Waals surface area contributed by atoms with Gasteiger partial charge in [-0.3, -0.25) is 0 Å². The van der Waals surface area contributed by atoms with E-state index >= 15 is 0 Å². The first kappa shape index (κ1) is 16.9. The number of halogens is 7. The van der Waals surface area contributed by atoms with E-state index in [0.717, 1.165) is 0 Å². The second-order valence-corrected chi connectivity index (χ2v) is 3.78. The Morgan fingerprint density at radius 3 is 1.72 bits per heavy atom. The first-order chi connectivity index (χ1) is 7.85. The maximum atomic E-state index is 12.4. The van der Waals surface area contributed by atoms with Crippen LogP contribution in [0.3, 0.4) is 0 Å². The number of alkyl halides is 6. The molecule has 0 spiro atoms. The molecule has 0 aliphatic rings. The molecule has 0 radical (unpaired) electrons. The molecule has 1 nitrogen and oxygen atoms in total. The summed E-state index contributed by atoms with van der Waals surface area (Å²) in [6.07, 6.45) is -13.6. The van der Waals surface area contributed by atoms with Crippen LogP contribution in [0.2, 0.25) is 0 Å². The van der Waals surface area contributed by atoms with Crippen LogP contribution in [0.5, 0.6) is 0 Å². The molecular weight excluding hydrogens is 269 g/mol. The number of allylic oxidation sites excluding steroid dienone is 2. The van der Waals surface area contributed by atoms with Crippen molar-refractivity contribution in [3.8, 4) is 0 Å². The summed E-state index contributed by atoms with van der Waals surface area (Å²) >= 11 is 0. The molecule has 0 aliphatic carbocycles. The molecule has 106 valence electrons. The van der Waals surface area contributed by atoms with Gasteiger partial charge in [0.25, 0.3) is 5.60 Å². The van der Waals surface area contributed by atoms with Crippen LogP contribution in [-0.2, 0) is 0 Å². The van der Waals surface area contributed by atoms with Crippen LogP contribution < -0.4 is 0 Å². The molecule has 0 rings (SSSR count). The summed E-state index contributed by atoms with van der Waals surface area (Å²) < 4.78 is 86.3. The quantitative estimate of drug-likeness (QED) is 0.598. The van der Waals surface area contributed by atoms with Gasteiger partial charge in [-0.15, -0.1) is 6.58 Å². The van der Waals surface area contributed by atoms with E-state index in [1.165, 1.54) is 0 Å². The molecular formula is C10H11F7O. The van der Waals surface area contributed by atoms with E-state index in [0.29, 0.717) is 6.08 Å². The average Bonchev–Trinajstić information content (AvgIpc) is 2.12. The zero-order chi connectivity index (χ0) is 14.8. The molecule has 0 aromatic rings. The van der Waals surface area contributed by atoms with Crippen molar-refractivity contribution in [2.45, 2.75) is 30.8 Å². The van der Waals surface area contributed by atoms with Crippen molar-refractivity contribution in [2.24, 2.45) is 5.92 Å². The van der Waals surface area contributed by atoms with Crippen LogP contribution in [-0.4, -0.2) is 23.1 Å². The summed E-state index contributed by atoms with van der Waals surface area (Å²) in [4.78, 5) is 0. The fraction of sp³-hybridized carbons (Fsp3) is 0.600. The molecule has 18 heavy (non-hydrogen) atoms. The van der Waals surface area contributed by atoms with Gasteiger partial charge in [0.05, 0.1) is 5.83 Å². The van der Waals surface area contributed by atoms with Gasteiger partial charge >= 0.3 is 12.4 Å². The van der Waals surface area contributed by atoms with Gasteiger partial charge in [-0.25, -0.2) is 4.39 Å². The Hall–Kier alpha value is -1.05. The van der Waals surface area contributed by atoms with Crippen molar-refractivity contribution in [3.05, 3.63) is 25.1 Å². The van der Waals surface area contributed by atoms with Crippen molar-refractivity contribution in [2.75, 3.05) is 0 Å². The Morgan fingerprint density at radius 2 is 1.50 bits per heavy atom. The minimum absolute atomic E-state index is 0.715. The number of hydrogen-bond donors (Lipinski definition) is 1. The van der Waals surface area contributed by atoms with Crippen molar-refractivity contribution in [1.29, 1.82) is 0 Å². The molecule has 0 saturated heterocycles. The highest BCUT2D eigenvalue weighted by Gasteiger charge is 2.70. The Labute approximate surface area is 98.6 Å². The van der Waals surface area contributed by atoms with E-state index in [4.69, 9.17) is 5.11 Å². The van der Waals surface area contributed by atoms with E-state index in [1.807, 2.05) is 0 Å². The van der Waals surface area contributed by atoms with E-state index < -0.39 is 42.5 Å². The molecule has 0 amide bonds. The van der Waals surface area contributed by atoms with Crippen LogP contribution in [0.15, 0.2) is 25.1 Å². The van der Waals surface area contributed by atoms with E-state index in [1.54, 1.807) is 0 Å². The van der Waals surface area contributed by atoms with Crippen molar-refractivity contribution >= 4 is 0 Å². The van der Waals surface area contributed by atoms with Gasteiger partial charge in [0.1, 0.15) is 0 Å². The number of hydrogen-bond acceptors (Lipinski definition) is 1. The molecule has 0 aliphatic heterocycles. The van der Waals surface area contributed by atoms with Gasteiger partial charge in [-0.05, 0) is 5.92 Å². The Balaban J connectivity index is 5.26. The van der Waals surface area contributed by atoms with E-state index in [9.17, 15) is 30.7 Å². The maximum absolute atomic E-state index is 12.4. The number of rotatable bonds is 5. The van der Waals surface area contributed by atoms with Crippen molar-refractivity contribution in [3.63, 3.8) is 0 Å². The third-order valence-corrected chi connectivity index (χ3v) is 2.31. The maximum Gasteiger partial charge on any atom is 0.426 e. The van der Waals surface area contributed by atoms with E-state index in [-0.39, 0.29) is 0 Å². The minimum Gasteiger partial charge on any atom is -0.374 e. The third kappa shape index (κ3) is 3.72. The molecule has 1 atom stereocenters. The zero-order valence-corrected chi connectivity index (χ0v) is 9.08. The Kier molecular flexibility index (Phi) is 4.99. The molecule has 0 heterocycles. The monoisotopic (exact) mass is 280 g/mol. The lowest BCUT2D eigenvalue weighted by Gasteiger charge is -2.34. The Morgan fingerprint density at radius 1 is 1.11 bits per heavy atom.